The van der Waals surface area contributed by atoms with Crippen molar-refractivity contribution in [2.24, 2.45) is 0 Å². The molecule has 0 atom stereocenters. The monoisotopic (exact) mass is 366 g/mol. The van der Waals surface area contributed by atoms with Crippen molar-refractivity contribution in [1.29, 1.82) is 0 Å². The summed E-state index contributed by atoms with van der Waals surface area (Å²) in [5.74, 6) is 0.848. The number of hydrogen-bond donors (Lipinski definition) is 2. The van der Waals surface area contributed by atoms with E-state index in [1.165, 1.54) is 31.6 Å². The van der Waals surface area contributed by atoms with Crippen molar-refractivity contribution in [1.82, 2.24) is 9.97 Å². The van der Waals surface area contributed by atoms with Gasteiger partial charge in [-0.3, -0.25) is 0 Å². The summed E-state index contributed by atoms with van der Waals surface area (Å²) in [5, 5.41) is 6.80. The van der Waals surface area contributed by atoms with Gasteiger partial charge < -0.3 is 15.4 Å². The van der Waals surface area contributed by atoms with E-state index in [4.69, 9.17) is 0 Å². The molecule has 0 amide bonds. The number of aryl methyl sites for hydroxylation is 2. The Hall–Kier alpha value is -2.89. The molecule has 6 heteroatoms. The van der Waals surface area contributed by atoms with Crippen molar-refractivity contribution in [2.75, 3.05) is 17.7 Å². The summed E-state index contributed by atoms with van der Waals surface area (Å²) in [6, 6.07) is 6.61. The number of hydrogen-bond acceptors (Lipinski definition) is 6. The standard InChI is InChI=1S/C21H26N4O2/c1-14-8-10-18(15(2)12-14)24-21-22-13-16(9-11-19(26)27-3)20(25-21)23-17-6-4-5-7-17/h8-13,17H,4-7H2,1-3H3,(H2,22,23,24,25)/b11-9+. The minimum atomic E-state index is -0.403. The molecule has 3 rings (SSSR count). The van der Waals surface area contributed by atoms with Gasteiger partial charge in [0.15, 0.2) is 0 Å². The normalized spacial score (nSPS) is 14.5. The molecule has 1 saturated carbocycles. The van der Waals surface area contributed by atoms with Crippen LogP contribution in [0.25, 0.3) is 6.08 Å². The molecular formula is C21H26N4O2. The maximum Gasteiger partial charge on any atom is 0.330 e. The third-order valence-electron chi connectivity index (χ3n) is 4.74. The molecule has 0 saturated heterocycles. The summed E-state index contributed by atoms with van der Waals surface area (Å²) < 4.78 is 4.67. The molecule has 6 nitrogen and oxygen atoms in total. The molecule has 2 aromatic rings. The van der Waals surface area contributed by atoms with Crippen LogP contribution in [0.5, 0.6) is 0 Å². The molecule has 2 N–H and O–H groups in total. The maximum absolute atomic E-state index is 11.4. The maximum atomic E-state index is 11.4. The average molecular weight is 366 g/mol. The molecule has 1 heterocycles. The number of ether oxygens (including phenoxy) is 1. The van der Waals surface area contributed by atoms with E-state index < -0.39 is 5.97 Å². The van der Waals surface area contributed by atoms with E-state index in [1.807, 2.05) is 6.07 Å². The van der Waals surface area contributed by atoms with Gasteiger partial charge in [-0.1, -0.05) is 30.5 Å². The first kappa shape index (κ1) is 18.9. The van der Waals surface area contributed by atoms with Gasteiger partial charge in [0, 0.05) is 29.6 Å². The highest BCUT2D eigenvalue weighted by Crippen LogP contribution is 2.26. The average Bonchev–Trinajstić information content (AvgIpc) is 3.16. The molecule has 27 heavy (non-hydrogen) atoms. The van der Waals surface area contributed by atoms with Gasteiger partial charge >= 0.3 is 5.97 Å². The van der Waals surface area contributed by atoms with Gasteiger partial charge in [0.25, 0.3) is 0 Å². The lowest BCUT2D eigenvalue weighted by molar-refractivity contribution is -0.134. The van der Waals surface area contributed by atoms with Crippen molar-refractivity contribution in [3.8, 4) is 0 Å². The number of benzene rings is 1. The Morgan fingerprint density at radius 2 is 2.04 bits per heavy atom. The number of nitrogens with one attached hydrogen (secondary N) is 2. The second kappa shape index (κ2) is 8.66. The quantitative estimate of drug-likeness (QED) is 0.584. The Labute approximate surface area is 160 Å². The topological polar surface area (TPSA) is 76.1 Å². The Balaban J connectivity index is 1.86. The second-order valence-electron chi connectivity index (χ2n) is 6.92. The van der Waals surface area contributed by atoms with E-state index in [2.05, 4.69) is 51.3 Å². The van der Waals surface area contributed by atoms with Crippen molar-refractivity contribution >= 4 is 29.5 Å². The number of carbonyl (C=O) groups excluding carboxylic acids is 1. The predicted molar refractivity (Wildman–Crippen MR) is 108 cm³/mol. The number of rotatable bonds is 6. The first-order valence-electron chi connectivity index (χ1n) is 9.29. The fourth-order valence-corrected chi connectivity index (χ4v) is 3.25. The number of carbonyl (C=O) groups is 1. The first-order valence-corrected chi connectivity index (χ1v) is 9.29. The third kappa shape index (κ3) is 5.06. The van der Waals surface area contributed by atoms with Crippen LogP contribution in [0, 0.1) is 13.8 Å². The van der Waals surface area contributed by atoms with Crippen molar-refractivity contribution in [3.05, 3.63) is 47.2 Å². The SMILES string of the molecule is COC(=O)/C=C/c1cnc(Nc2ccc(C)cc2C)nc1NC1CCCC1. The summed E-state index contributed by atoms with van der Waals surface area (Å²) in [6.45, 7) is 4.12. The van der Waals surface area contributed by atoms with Crippen molar-refractivity contribution in [3.63, 3.8) is 0 Å². The van der Waals surface area contributed by atoms with E-state index in [0.717, 1.165) is 35.5 Å². The van der Waals surface area contributed by atoms with E-state index >= 15 is 0 Å². The molecule has 1 aliphatic carbocycles. The fourth-order valence-electron chi connectivity index (χ4n) is 3.25. The molecule has 0 bridgehead atoms. The minimum absolute atomic E-state index is 0.402. The molecule has 0 spiro atoms. The number of nitrogens with zero attached hydrogens (tertiary/aromatic N) is 2. The van der Waals surface area contributed by atoms with Gasteiger partial charge in [0.2, 0.25) is 5.95 Å². The molecule has 1 fully saturated rings. The molecule has 142 valence electrons. The smallest absolute Gasteiger partial charge is 0.330 e. The van der Waals surface area contributed by atoms with Crippen molar-refractivity contribution in [2.45, 2.75) is 45.6 Å². The van der Waals surface area contributed by atoms with Crippen LogP contribution in [-0.2, 0) is 9.53 Å². The van der Waals surface area contributed by atoms with Crippen LogP contribution in [-0.4, -0.2) is 29.1 Å². The van der Waals surface area contributed by atoms with E-state index in [0.29, 0.717) is 12.0 Å². The van der Waals surface area contributed by atoms with Gasteiger partial charge in [-0.05, 0) is 44.4 Å². The lowest BCUT2D eigenvalue weighted by Crippen LogP contribution is -2.17. The number of aromatic nitrogens is 2. The molecule has 1 aliphatic rings. The van der Waals surface area contributed by atoms with Gasteiger partial charge in [0.1, 0.15) is 5.82 Å². The van der Waals surface area contributed by atoms with E-state index in [1.54, 1.807) is 12.3 Å². The summed E-state index contributed by atoms with van der Waals surface area (Å²) >= 11 is 0. The zero-order valence-corrected chi connectivity index (χ0v) is 16.1. The molecule has 0 radical (unpaired) electrons. The molecular weight excluding hydrogens is 340 g/mol. The Morgan fingerprint density at radius 3 is 2.74 bits per heavy atom. The zero-order chi connectivity index (χ0) is 19.2. The fraction of sp³-hybridized carbons (Fsp3) is 0.381. The largest absolute Gasteiger partial charge is 0.466 e. The van der Waals surface area contributed by atoms with Crippen LogP contribution >= 0.6 is 0 Å². The van der Waals surface area contributed by atoms with E-state index in [9.17, 15) is 4.79 Å². The molecule has 0 unspecified atom stereocenters. The van der Waals surface area contributed by atoms with Crippen LogP contribution in [0.3, 0.4) is 0 Å². The number of anilines is 3. The van der Waals surface area contributed by atoms with Crippen LogP contribution in [0.2, 0.25) is 0 Å². The second-order valence-corrected chi connectivity index (χ2v) is 6.92. The van der Waals surface area contributed by atoms with Crippen LogP contribution in [0.15, 0.2) is 30.5 Å². The molecule has 1 aromatic heterocycles. The third-order valence-corrected chi connectivity index (χ3v) is 4.74. The Bertz CT molecular complexity index is 842. The lowest BCUT2D eigenvalue weighted by atomic mass is 10.1. The lowest BCUT2D eigenvalue weighted by Gasteiger charge is -2.16. The highest BCUT2D eigenvalue weighted by molar-refractivity contribution is 5.88. The van der Waals surface area contributed by atoms with Gasteiger partial charge in [-0.15, -0.1) is 0 Å². The highest BCUT2D eigenvalue weighted by atomic mass is 16.5. The summed E-state index contributed by atoms with van der Waals surface area (Å²) in [7, 11) is 1.36. The summed E-state index contributed by atoms with van der Waals surface area (Å²) in [5.41, 5.74) is 4.09. The highest BCUT2D eigenvalue weighted by Gasteiger charge is 2.17. The summed E-state index contributed by atoms with van der Waals surface area (Å²) in [6.07, 6.45) is 9.50. The van der Waals surface area contributed by atoms with Crippen molar-refractivity contribution < 1.29 is 9.53 Å². The Morgan fingerprint density at radius 1 is 1.26 bits per heavy atom. The summed E-state index contributed by atoms with van der Waals surface area (Å²) in [4.78, 5) is 20.5. The predicted octanol–water partition coefficient (Wildman–Crippen LogP) is 4.38. The van der Waals surface area contributed by atoms with Gasteiger partial charge in [0.05, 0.1) is 7.11 Å². The first-order chi connectivity index (χ1) is 13.0. The van der Waals surface area contributed by atoms with Gasteiger partial charge in [-0.2, -0.15) is 4.98 Å². The van der Waals surface area contributed by atoms with Crippen LogP contribution < -0.4 is 10.6 Å². The number of esters is 1. The zero-order valence-electron chi connectivity index (χ0n) is 16.1. The Kier molecular flexibility index (Phi) is 6.06. The van der Waals surface area contributed by atoms with Crippen LogP contribution in [0.4, 0.5) is 17.5 Å². The van der Waals surface area contributed by atoms with E-state index in [-0.39, 0.29) is 0 Å². The molecule has 1 aromatic carbocycles. The van der Waals surface area contributed by atoms with Crippen LogP contribution in [0.1, 0.15) is 42.4 Å². The number of methoxy groups -OCH3 is 1. The minimum Gasteiger partial charge on any atom is -0.466 e. The molecule has 0 aliphatic heterocycles. The van der Waals surface area contributed by atoms with Gasteiger partial charge in [-0.25, -0.2) is 9.78 Å².